The zero-order chi connectivity index (χ0) is 55.1. The van der Waals surface area contributed by atoms with Gasteiger partial charge in [-0.15, -0.1) is 0 Å². The molecule has 2 nitrogen and oxygen atoms in total. The van der Waals surface area contributed by atoms with Gasteiger partial charge in [-0.25, -0.2) is 0 Å². The van der Waals surface area contributed by atoms with Gasteiger partial charge in [-0.05, 0) is 151 Å². The zero-order valence-electron chi connectivity index (χ0n) is 46.8. The van der Waals surface area contributed by atoms with Crippen LogP contribution in [0, 0.1) is 0 Å². The molecule has 83 heavy (non-hydrogen) atoms. The van der Waals surface area contributed by atoms with Crippen LogP contribution in [0.25, 0.3) is 88.3 Å². The van der Waals surface area contributed by atoms with Crippen LogP contribution in [0.4, 0.5) is 22.7 Å². The Labute approximate surface area is 484 Å². The number of anilines is 4. The Hall–Kier alpha value is -10.0. The van der Waals surface area contributed by atoms with Crippen molar-refractivity contribution in [2.45, 2.75) is 30.1 Å². The highest BCUT2D eigenvalue weighted by atomic mass is 15.1. The van der Waals surface area contributed by atoms with E-state index in [0.717, 1.165) is 0 Å². The Balaban J connectivity index is 0.961. The fraction of sp³-hybridized carbons (Fsp3) is 0.0864. The molecule has 0 N–H and O–H groups in total. The summed E-state index contributed by atoms with van der Waals surface area (Å²) in [6.45, 7) is 4.87. The standard InChI is InChI=1S/C81H56N2/c1-79(2)64-37-10-5-28-55(64)58-33-21-36-61(76(58)79)75-56-31-19-29-49(59-34-22-44-71-77(59)82(3)73-46-17-15-42-69(73)80(71)65-38-11-6-24-51(65)52-25-7-12-39-66(52)80)62(56)48-63-50(30-20-32-57(63)75)60-35-23-45-72-78(60)83(4)74-47-18-16-43-70(74)81(72)67-40-13-8-26-53(67)54-27-9-14-41-68(54)81/h5-48H,1-4H3. The van der Waals surface area contributed by atoms with Gasteiger partial charge in [0.2, 0.25) is 0 Å². The molecule has 0 saturated carbocycles. The molecule has 0 amide bonds. The van der Waals surface area contributed by atoms with E-state index in [2.05, 4.69) is 305 Å². The summed E-state index contributed by atoms with van der Waals surface area (Å²) in [6, 6.07) is 102. The normalized spacial score (nSPS) is 15.2. The molecule has 18 rings (SSSR count). The van der Waals surface area contributed by atoms with Crippen molar-refractivity contribution in [3.05, 3.63) is 323 Å². The molecule has 2 heterocycles. The second kappa shape index (κ2) is 16.6. The van der Waals surface area contributed by atoms with E-state index >= 15 is 0 Å². The third-order valence-electron chi connectivity index (χ3n) is 20.3. The van der Waals surface area contributed by atoms with E-state index in [4.69, 9.17) is 0 Å². The summed E-state index contributed by atoms with van der Waals surface area (Å²) in [7, 11) is 4.58. The van der Waals surface area contributed by atoms with Crippen LogP contribution in [0.2, 0.25) is 0 Å². The maximum absolute atomic E-state index is 2.57. The van der Waals surface area contributed by atoms with Crippen molar-refractivity contribution >= 4 is 44.3 Å². The highest BCUT2D eigenvalue weighted by molar-refractivity contribution is 6.21. The number of benzene rings is 13. The summed E-state index contributed by atoms with van der Waals surface area (Å²) in [6.07, 6.45) is 0. The van der Waals surface area contributed by atoms with Gasteiger partial charge in [0.25, 0.3) is 0 Å². The van der Waals surface area contributed by atoms with E-state index in [1.807, 2.05) is 0 Å². The number of para-hydroxylation sites is 4. The number of rotatable bonds is 3. The molecule has 5 aliphatic rings. The maximum Gasteiger partial charge on any atom is 0.0754 e. The van der Waals surface area contributed by atoms with Crippen molar-refractivity contribution in [3.8, 4) is 66.8 Å². The van der Waals surface area contributed by atoms with Crippen molar-refractivity contribution in [2.24, 2.45) is 0 Å². The highest BCUT2D eigenvalue weighted by Gasteiger charge is 2.53. The smallest absolute Gasteiger partial charge is 0.0754 e. The van der Waals surface area contributed by atoms with Gasteiger partial charge in [0, 0.05) is 42.0 Å². The third-order valence-corrected chi connectivity index (χ3v) is 20.3. The van der Waals surface area contributed by atoms with E-state index in [-0.39, 0.29) is 5.41 Å². The fourth-order valence-electron chi connectivity index (χ4n) is 17.2. The van der Waals surface area contributed by atoms with Gasteiger partial charge < -0.3 is 9.80 Å². The molecule has 0 bridgehead atoms. The molecule has 0 radical (unpaired) electrons. The van der Waals surface area contributed by atoms with Crippen molar-refractivity contribution < 1.29 is 0 Å². The molecule has 0 saturated heterocycles. The first-order valence-corrected chi connectivity index (χ1v) is 29.4. The van der Waals surface area contributed by atoms with Gasteiger partial charge in [0.05, 0.1) is 22.2 Å². The summed E-state index contributed by atoms with van der Waals surface area (Å²) in [4.78, 5) is 4.98. The SMILES string of the molecule is CN1c2ccccc2C2(c3ccccc3-c3ccccc32)c2cccc(-c3cccc4c(-c5cccc6c5C(C)(C)c5ccccc5-6)c5cccc(-c6cccc7c6N(C)c6ccccc6C76c7ccccc7-c7ccccc76)c5cc34)c21. The van der Waals surface area contributed by atoms with Crippen LogP contribution in [-0.4, -0.2) is 14.1 Å². The van der Waals surface area contributed by atoms with Crippen LogP contribution >= 0.6 is 0 Å². The molecule has 13 aromatic carbocycles. The Morgan fingerprint density at radius 1 is 0.241 bits per heavy atom. The second-order valence-electron chi connectivity index (χ2n) is 24.2. The molecule has 0 aromatic heterocycles. The number of fused-ring (bicyclic) bond motifs is 23. The first kappa shape index (κ1) is 46.7. The predicted octanol–water partition coefficient (Wildman–Crippen LogP) is 20.2. The summed E-state index contributed by atoms with van der Waals surface area (Å²) >= 11 is 0. The average Bonchev–Trinajstić information content (AvgIpc) is 3.65. The molecule has 0 atom stereocenters. The molecule has 390 valence electrons. The lowest BCUT2D eigenvalue weighted by atomic mass is 9.64. The van der Waals surface area contributed by atoms with Crippen LogP contribution in [-0.2, 0) is 16.2 Å². The summed E-state index contributed by atoms with van der Waals surface area (Å²) in [5.41, 5.74) is 32.2. The summed E-state index contributed by atoms with van der Waals surface area (Å²) in [5, 5.41) is 4.95. The third kappa shape index (κ3) is 5.69. The Bertz CT molecular complexity index is 4660. The van der Waals surface area contributed by atoms with Crippen LogP contribution < -0.4 is 9.80 Å². The largest absolute Gasteiger partial charge is 0.344 e. The minimum absolute atomic E-state index is 0.250. The van der Waals surface area contributed by atoms with E-state index in [1.165, 1.54) is 167 Å². The minimum atomic E-state index is -0.531. The monoisotopic (exact) mass is 1060 g/mol. The number of hydrogen-bond acceptors (Lipinski definition) is 2. The van der Waals surface area contributed by atoms with Gasteiger partial charge in [-0.1, -0.05) is 263 Å². The summed E-state index contributed by atoms with van der Waals surface area (Å²) in [5.74, 6) is 0. The fourth-order valence-corrected chi connectivity index (χ4v) is 17.2. The van der Waals surface area contributed by atoms with Crippen LogP contribution in [0.5, 0.6) is 0 Å². The minimum Gasteiger partial charge on any atom is -0.344 e. The lowest BCUT2D eigenvalue weighted by Crippen LogP contribution is -2.36. The Morgan fingerprint density at radius 3 is 0.988 bits per heavy atom. The zero-order valence-corrected chi connectivity index (χ0v) is 46.8. The lowest BCUT2D eigenvalue weighted by Gasteiger charge is -2.44. The molecule has 2 aliphatic heterocycles. The van der Waals surface area contributed by atoms with Crippen LogP contribution in [0.3, 0.4) is 0 Å². The maximum atomic E-state index is 2.57. The van der Waals surface area contributed by atoms with Crippen molar-refractivity contribution in [1.29, 1.82) is 0 Å². The van der Waals surface area contributed by atoms with Crippen LogP contribution in [0.15, 0.2) is 267 Å². The van der Waals surface area contributed by atoms with Gasteiger partial charge in [-0.3, -0.25) is 0 Å². The predicted molar refractivity (Wildman–Crippen MR) is 346 cm³/mol. The van der Waals surface area contributed by atoms with E-state index in [1.54, 1.807) is 0 Å². The summed E-state index contributed by atoms with van der Waals surface area (Å²) < 4.78 is 0. The van der Waals surface area contributed by atoms with Gasteiger partial charge in [-0.2, -0.15) is 0 Å². The highest BCUT2D eigenvalue weighted by Crippen LogP contribution is 2.66. The number of nitrogens with zero attached hydrogens (tertiary/aromatic N) is 2. The average molecular weight is 1060 g/mol. The Morgan fingerprint density at radius 2 is 0.542 bits per heavy atom. The second-order valence-corrected chi connectivity index (χ2v) is 24.2. The molecular formula is C81H56N2. The lowest BCUT2D eigenvalue weighted by molar-refractivity contribution is 0.662. The first-order valence-electron chi connectivity index (χ1n) is 29.4. The molecule has 2 spiro atoms. The quantitative estimate of drug-likeness (QED) is 0.163. The first-order chi connectivity index (χ1) is 40.8. The van der Waals surface area contributed by atoms with Gasteiger partial charge >= 0.3 is 0 Å². The topological polar surface area (TPSA) is 6.48 Å². The van der Waals surface area contributed by atoms with E-state index in [0.29, 0.717) is 0 Å². The molecule has 0 unspecified atom stereocenters. The van der Waals surface area contributed by atoms with Crippen LogP contribution in [0.1, 0.15) is 69.5 Å². The molecule has 13 aromatic rings. The molecule has 2 heteroatoms. The van der Waals surface area contributed by atoms with Crippen molar-refractivity contribution in [1.82, 2.24) is 0 Å². The molecule has 3 aliphatic carbocycles. The molecule has 0 fully saturated rings. The van der Waals surface area contributed by atoms with E-state index < -0.39 is 10.8 Å². The van der Waals surface area contributed by atoms with Crippen molar-refractivity contribution in [3.63, 3.8) is 0 Å². The van der Waals surface area contributed by atoms with E-state index in [9.17, 15) is 0 Å². The number of hydrogen-bond donors (Lipinski definition) is 0. The van der Waals surface area contributed by atoms with Gasteiger partial charge in [0.15, 0.2) is 0 Å². The molecular weight excluding hydrogens is 1000 g/mol. The Kier molecular flexibility index (Phi) is 9.32. The van der Waals surface area contributed by atoms with Gasteiger partial charge in [0.1, 0.15) is 0 Å². The van der Waals surface area contributed by atoms with Crippen molar-refractivity contribution in [2.75, 3.05) is 23.9 Å².